The Balaban J connectivity index is 1.96. The lowest BCUT2D eigenvalue weighted by atomic mass is 10.1. The molecule has 2 rings (SSSR count). The molecule has 144 valence electrons. The summed E-state index contributed by atoms with van der Waals surface area (Å²) in [6.45, 7) is -3.54. The fraction of sp³-hybridized carbons (Fsp3) is 0.176. The number of carbonyl (C=O) groups is 2. The number of Topliss-reactive ketones (excluding diaryl/α,β-unsaturated/α-hetero) is 1. The number of rotatable bonds is 8. The van der Waals surface area contributed by atoms with Crippen molar-refractivity contribution in [1.29, 1.82) is 0 Å². The number of nitrogens with one attached hydrogen (secondary N) is 1. The zero-order chi connectivity index (χ0) is 20.0. The molecule has 0 radical (unpaired) electrons. The number of anilines is 1. The van der Waals surface area contributed by atoms with E-state index in [4.69, 9.17) is 4.74 Å². The highest BCUT2D eigenvalue weighted by Gasteiger charge is 2.14. The number of hydrogen-bond acceptors (Lipinski definition) is 6. The third kappa shape index (κ3) is 6.66. The third-order valence-electron chi connectivity index (χ3n) is 3.14. The first-order chi connectivity index (χ1) is 12.6. The Bertz CT molecular complexity index is 929. The number of sulfonamides is 1. The Morgan fingerprint density at radius 3 is 2.33 bits per heavy atom. The normalized spacial score (nSPS) is 11.1. The molecule has 0 aromatic heterocycles. The lowest BCUT2D eigenvalue weighted by molar-refractivity contribution is -0.0498. The average molecular weight is 399 g/mol. The van der Waals surface area contributed by atoms with Crippen molar-refractivity contribution in [3.05, 3.63) is 59.7 Å². The molecule has 27 heavy (non-hydrogen) atoms. The second kappa shape index (κ2) is 8.58. The van der Waals surface area contributed by atoms with E-state index in [0.29, 0.717) is 0 Å². The van der Waals surface area contributed by atoms with Gasteiger partial charge in [0, 0.05) is 11.3 Å². The number of ketones is 1. The smallest absolute Gasteiger partial charge is 0.387 e. The maximum absolute atomic E-state index is 12.1. The molecular weight excluding hydrogens is 384 g/mol. The van der Waals surface area contributed by atoms with Gasteiger partial charge in [-0.15, -0.1) is 0 Å². The van der Waals surface area contributed by atoms with Crippen molar-refractivity contribution in [3.63, 3.8) is 0 Å². The molecule has 0 saturated heterocycles. The van der Waals surface area contributed by atoms with Crippen LogP contribution in [0.1, 0.15) is 20.7 Å². The quantitative estimate of drug-likeness (QED) is 0.541. The van der Waals surface area contributed by atoms with Crippen LogP contribution in [0.15, 0.2) is 48.5 Å². The summed E-state index contributed by atoms with van der Waals surface area (Å²) in [7, 11) is -3.51. The first-order valence-corrected chi connectivity index (χ1v) is 9.36. The van der Waals surface area contributed by atoms with Gasteiger partial charge in [-0.3, -0.25) is 9.52 Å². The predicted molar refractivity (Wildman–Crippen MR) is 92.6 cm³/mol. The Hall–Kier alpha value is -3.01. The molecule has 2 aromatic rings. The highest BCUT2D eigenvalue weighted by Crippen LogP contribution is 2.16. The number of benzene rings is 2. The minimum Gasteiger partial charge on any atom is -0.454 e. The number of carbonyl (C=O) groups excluding carboxylic acids is 2. The summed E-state index contributed by atoms with van der Waals surface area (Å²) in [6, 6.07) is 10.5. The molecule has 0 aliphatic rings. The third-order valence-corrected chi connectivity index (χ3v) is 3.74. The predicted octanol–water partition coefficient (Wildman–Crippen LogP) is 2.70. The molecule has 0 heterocycles. The second-order valence-corrected chi connectivity index (χ2v) is 7.11. The summed E-state index contributed by atoms with van der Waals surface area (Å²) in [5.41, 5.74) is 0.377. The maximum atomic E-state index is 12.1. The van der Waals surface area contributed by atoms with Crippen molar-refractivity contribution in [2.75, 3.05) is 17.6 Å². The van der Waals surface area contributed by atoms with E-state index in [9.17, 15) is 26.8 Å². The standard InChI is InChI=1S/C17H15F2NO6S/c1-27(23,24)20-13-4-2-3-12(9-13)16(22)25-10-15(21)11-5-7-14(8-6-11)26-17(18)19/h2-9,17,20H,10H2,1H3. The van der Waals surface area contributed by atoms with E-state index in [1.165, 1.54) is 48.5 Å². The molecule has 0 bridgehead atoms. The fourth-order valence-electron chi connectivity index (χ4n) is 2.04. The van der Waals surface area contributed by atoms with E-state index in [-0.39, 0.29) is 22.6 Å². The van der Waals surface area contributed by atoms with Crippen molar-refractivity contribution in [2.45, 2.75) is 6.61 Å². The zero-order valence-corrected chi connectivity index (χ0v) is 14.8. The van der Waals surface area contributed by atoms with Crippen molar-refractivity contribution in [3.8, 4) is 5.75 Å². The Labute approximate surface area is 154 Å². The minimum atomic E-state index is -3.51. The van der Waals surface area contributed by atoms with Crippen LogP contribution in [0.4, 0.5) is 14.5 Å². The maximum Gasteiger partial charge on any atom is 0.387 e. The molecule has 2 aromatic carbocycles. The van der Waals surface area contributed by atoms with Crippen molar-refractivity contribution >= 4 is 27.5 Å². The van der Waals surface area contributed by atoms with Gasteiger partial charge >= 0.3 is 12.6 Å². The molecule has 0 aliphatic carbocycles. The molecule has 0 aliphatic heterocycles. The molecule has 0 atom stereocenters. The Morgan fingerprint density at radius 2 is 1.74 bits per heavy atom. The van der Waals surface area contributed by atoms with Gasteiger partial charge in [-0.1, -0.05) is 6.07 Å². The van der Waals surface area contributed by atoms with E-state index in [2.05, 4.69) is 9.46 Å². The molecule has 0 spiro atoms. The first kappa shape index (κ1) is 20.3. The van der Waals surface area contributed by atoms with Gasteiger partial charge < -0.3 is 9.47 Å². The first-order valence-electron chi connectivity index (χ1n) is 7.47. The highest BCUT2D eigenvalue weighted by atomic mass is 32.2. The summed E-state index contributed by atoms with van der Waals surface area (Å²) in [4.78, 5) is 24.0. The van der Waals surface area contributed by atoms with Gasteiger partial charge in [0.05, 0.1) is 11.8 Å². The second-order valence-electron chi connectivity index (χ2n) is 5.36. The molecule has 0 fully saturated rings. The van der Waals surface area contributed by atoms with Crippen LogP contribution < -0.4 is 9.46 Å². The number of esters is 1. The topological polar surface area (TPSA) is 98.8 Å². The number of alkyl halides is 2. The van der Waals surface area contributed by atoms with Gasteiger partial charge in [0.2, 0.25) is 10.0 Å². The van der Waals surface area contributed by atoms with Gasteiger partial charge in [-0.25, -0.2) is 13.2 Å². The van der Waals surface area contributed by atoms with Gasteiger partial charge in [0.1, 0.15) is 5.75 Å². The van der Waals surface area contributed by atoms with Crippen LogP contribution in [0.3, 0.4) is 0 Å². The van der Waals surface area contributed by atoms with Crippen molar-refractivity contribution in [2.24, 2.45) is 0 Å². The van der Waals surface area contributed by atoms with Crippen LogP contribution in [0, 0.1) is 0 Å². The van der Waals surface area contributed by atoms with E-state index >= 15 is 0 Å². The largest absolute Gasteiger partial charge is 0.454 e. The van der Waals surface area contributed by atoms with Crippen molar-refractivity contribution in [1.82, 2.24) is 0 Å². The van der Waals surface area contributed by atoms with Gasteiger partial charge in [-0.05, 0) is 42.5 Å². The van der Waals surface area contributed by atoms with Crippen LogP contribution in [0.25, 0.3) is 0 Å². The lowest BCUT2D eigenvalue weighted by Gasteiger charge is -2.08. The summed E-state index contributed by atoms with van der Waals surface area (Å²) in [5.74, 6) is -1.47. The molecule has 1 N–H and O–H groups in total. The monoisotopic (exact) mass is 399 g/mol. The van der Waals surface area contributed by atoms with Gasteiger partial charge in [0.25, 0.3) is 0 Å². The van der Waals surface area contributed by atoms with E-state index in [1.54, 1.807) is 0 Å². The molecular formula is C17H15F2NO6S. The SMILES string of the molecule is CS(=O)(=O)Nc1cccc(C(=O)OCC(=O)c2ccc(OC(F)F)cc2)c1. The van der Waals surface area contributed by atoms with Gasteiger partial charge in [-0.2, -0.15) is 8.78 Å². The van der Waals surface area contributed by atoms with Crippen LogP contribution in [-0.4, -0.2) is 39.6 Å². The molecule has 7 nitrogen and oxygen atoms in total. The highest BCUT2D eigenvalue weighted by molar-refractivity contribution is 7.92. The molecule has 0 amide bonds. The molecule has 0 saturated carbocycles. The van der Waals surface area contributed by atoms with E-state index < -0.39 is 35.0 Å². The summed E-state index contributed by atoms with van der Waals surface area (Å²) in [5, 5.41) is 0. The lowest BCUT2D eigenvalue weighted by Crippen LogP contribution is -2.15. The van der Waals surface area contributed by atoms with Gasteiger partial charge in [0.15, 0.2) is 12.4 Å². The van der Waals surface area contributed by atoms with Crippen LogP contribution in [0.5, 0.6) is 5.75 Å². The molecule has 10 heteroatoms. The zero-order valence-electron chi connectivity index (χ0n) is 14.0. The van der Waals surface area contributed by atoms with E-state index in [0.717, 1.165) is 6.26 Å². The van der Waals surface area contributed by atoms with Crippen LogP contribution >= 0.6 is 0 Å². The summed E-state index contributed by atoms with van der Waals surface area (Å²) < 4.78 is 57.9. The Kier molecular flexibility index (Phi) is 6.45. The number of ether oxygens (including phenoxy) is 2. The minimum absolute atomic E-state index is 0.0529. The van der Waals surface area contributed by atoms with E-state index in [1.807, 2.05) is 0 Å². The van der Waals surface area contributed by atoms with Crippen LogP contribution in [0.2, 0.25) is 0 Å². The fourth-order valence-corrected chi connectivity index (χ4v) is 2.60. The summed E-state index contributed by atoms with van der Waals surface area (Å²) in [6.07, 6.45) is 0.967. The van der Waals surface area contributed by atoms with Crippen LogP contribution in [-0.2, 0) is 14.8 Å². The number of halogens is 2. The average Bonchev–Trinajstić information content (AvgIpc) is 2.58. The summed E-state index contributed by atoms with van der Waals surface area (Å²) >= 11 is 0. The van der Waals surface area contributed by atoms with Crippen molar-refractivity contribution < 1.29 is 36.3 Å². The molecule has 0 unspecified atom stereocenters. The number of hydrogen-bond donors (Lipinski definition) is 1. The Morgan fingerprint density at radius 1 is 1.07 bits per heavy atom.